The van der Waals surface area contributed by atoms with Crippen LogP contribution in [0.2, 0.25) is 10.0 Å². The van der Waals surface area contributed by atoms with Crippen molar-refractivity contribution >= 4 is 45.0 Å². The van der Waals surface area contributed by atoms with Crippen LogP contribution in [0.5, 0.6) is 0 Å². The highest BCUT2D eigenvalue weighted by molar-refractivity contribution is 7.89. The minimum atomic E-state index is -3.69. The summed E-state index contributed by atoms with van der Waals surface area (Å²) in [5, 5.41) is 7.90. The second-order valence-corrected chi connectivity index (χ2v) is 12.4. The van der Waals surface area contributed by atoms with Gasteiger partial charge in [0.15, 0.2) is 5.60 Å². The Morgan fingerprint density at radius 3 is 2.46 bits per heavy atom. The molecule has 0 aliphatic carbocycles. The lowest BCUT2D eigenvalue weighted by Crippen LogP contribution is -2.55. The van der Waals surface area contributed by atoms with Gasteiger partial charge in [-0.2, -0.15) is 0 Å². The summed E-state index contributed by atoms with van der Waals surface area (Å²) in [6, 6.07) is 4.11. The van der Waals surface area contributed by atoms with E-state index in [1.165, 1.54) is 0 Å². The molecule has 2 amide bonds. The molecule has 0 radical (unpaired) electrons. The third-order valence-corrected chi connectivity index (χ3v) is 9.13. The van der Waals surface area contributed by atoms with E-state index in [-0.39, 0.29) is 11.8 Å². The van der Waals surface area contributed by atoms with Crippen molar-refractivity contribution in [1.29, 1.82) is 0 Å². The molecule has 2 aliphatic heterocycles. The largest absolute Gasteiger partial charge is 0.387 e. The van der Waals surface area contributed by atoms with Gasteiger partial charge in [-0.15, -0.1) is 0 Å². The van der Waals surface area contributed by atoms with E-state index in [2.05, 4.69) is 33.9 Å². The molecule has 0 saturated carbocycles. The molecule has 1 fully saturated rings. The molecule has 12 heteroatoms. The maximum absolute atomic E-state index is 13.2. The maximum atomic E-state index is 13.2. The lowest BCUT2D eigenvalue weighted by molar-refractivity contribution is -0.0206. The number of piperidine rings is 1. The number of likely N-dealkylation sites (tertiary alicyclic amines) is 1. The van der Waals surface area contributed by atoms with Crippen molar-refractivity contribution < 1.29 is 18.0 Å². The van der Waals surface area contributed by atoms with Crippen LogP contribution in [0.3, 0.4) is 0 Å². The number of nitrogens with one attached hydrogen (secondary N) is 2. The van der Waals surface area contributed by atoms with Crippen LogP contribution in [-0.4, -0.2) is 86.6 Å². The summed E-state index contributed by atoms with van der Waals surface area (Å²) in [5.74, 6) is -0.0364. The molecule has 0 aromatic heterocycles. The zero-order valence-electron chi connectivity index (χ0n) is 21.9. The summed E-state index contributed by atoms with van der Waals surface area (Å²) in [6.07, 6.45) is 3.96. The molecule has 0 spiro atoms. The van der Waals surface area contributed by atoms with E-state index < -0.39 is 21.7 Å². The first-order chi connectivity index (χ1) is 17.6. The van der Waals surface area contributed by atoms with Crippen LogP contribution in [0.1, 0.15) is 58.4 Å². The van der Waals surface area contributed by atoms with Gasteiger partial charge in [0, 0.05) is 31.6 Å². The van der Waals surface area contributed by atoms with E-state index in [0.29, 0.717) is 47.3 Å². The highest BCUT2D eigenvalue weighted by atomic mass is 35.5. The third kappa shape index (κ3) is 7.95. The van der Waals surface area contributed by atoms with Crippen LogP contribution in [0.25, 0.3) is 0 Å². The summed E-state index contributed by atoms with van der Waals surface area (Å²) in [7, 11) is -3.69. The van der Waals surface area contributed by atoms with E-state index in [1.54, 1.807) is 25.1 Å². The zero-order chi connectivity index (χ0) is 27.1. The van der Waals surface area contributed by atoms with Gasteiger partial charge in [-0.1, -0.05) is 48.3 Å². The predicted molar refractivity (Wildman–Crippen MR) is 149 cm³/mol. The number of hydrogen-bond donors (Lipinski definition) is 2. The number of benzene rings is 1. The molecule has 37 heavy (non-hydrogen) atoms. The molecular formula is C25H39Cl2N5O4S. The van der Waals surface area contributed by atoms with Crippen LogP contribution in [0.15, 0.2) is 23.4 Å². The Kier molecular flexibility index (Phi) is 10.9. The average molecular weight is 577 g/mol. The summed E-state index contributed by atoms with van der Waals surface area (Å²) < 4.78 is 29.2. The van der Waals surface area contributed by atoms with E-state index in [9.17, 15) is 13.2 Å². The molecule has 2 unspecified atom stereocenters. The van der Waals surface area contributed by atoms with Crippen LogP contribution in [0, 0.1) is 0 Å². The van der Waals surface area contributed by atoms with Gasteiger partial charge in [0.1, 0.15) is 11.8 Å². The molecule has 0 bridgehead atoms. The number of carbonyl (C=O) groups excluding carboxylic acids is 1. The van der Waals surface area contributed by atoms with Gasteiger partial charge in [0.2, 0.25) is 10.0 Å². The molecule has 2 heterocycles. The topological polar surface area (TPSA) is 103 Å². The smallest absolute Gasteiger partial charge is 0.317 e. The maximum Gasteiger partial charge on any atom is 0.317 e. The van der Waals surface area contributed by atoms with Crippen molar-refractivity contribution in [2.45, 2.75) is 64.5 Å². The minimum Gasteiger partial charge on any atom is -0.387 e. The van der Waals surface area contributed by atoms with Gasteiger partial charge in [-0.05, 0) is 64.4 Å². The Labute approximate surface area is 230 Å². The number of rotatable bonds is 12. The fraction of sp³-hybridized carbons (Fsp3) is 0.680. The second kappa shape index (κ2) is 13.5. The third-order valence-electron chi connectivity index (χ3n) is 7.08. The van der Waals surface area contributed by atoms with Crippen LogP contribution >= 0.6 is 23.2 Å². The monoisotopic (exact) mass is 575 g/mol. The van der Waals surface area contributed by atoms with Crippen molar-refractivity contribution in [1.82, 2.24) is 19.8 Å². The quantitative estimate of drug-likeness (QED) is 0.390. The van der Waals surface area contributed by atoms with E-state index in [4.69, 9.17) is 28.0 Å². The Hall–Kier alpha value is -1.59. The Morgan fingerprint density at radius 1 is 1.19 bits per heavy atom. The number of amides is 2. The number of carbonyl (C=O) groups is 1. The van der Waals surface area contributed by atoms with E-state index in [0.717, 1.165) is 45.4 Å². The van der Waals surface area contributed by atoms with Gasteiger partial charge >= 0.3 is 6.03 Å². The minimum absolute atomic E-state index is 0.0364. The summed E-state index contributed by atoms with van der Waals surface area (Å²) in [5.41, 5.74) is -0.297. The van der Waals surface area contributed by atoms with Gasteiger partial charge in [0.25, 0.3) is 0 Å². The Balaban J connectivity index is 1.75. The van der Waals surface area contributed by atoms with Gasteiger partial charge in [-0.25, -0.2) is 17.9 Å². The van der Waals surface area contributed by atoms with Crippen molar-refractivity contribution in [3.8, 4) is 0 Å². The first kappa shape index (κ1) is 30.0. The molecule has 2 aliphatic rings. The van der Waals surface area contributed by atoms with Crippen molar-refractivity contribution in [2.75, 3.05) is 45.0 Å². The summed E-state index contributed by atoms with van der Waals surface area (Å²) in [6.45, 7) is 10.1. The lowest BCUT2D eigenvalue weighted by atomic mass is 9.88. The summed E-state index contributed by atoms with van der Waals surface area (Å²) in [4.78, 5) is 22.4. The van der Waals surface area contributed by atoms with Gasteiger partial charge in [-0.3, -0.25) is 0 Å². The summed E-state index contributed by atoms with van der Waals surface area (Å²) >= 11 is 12.9. The molecule has 1 saturated heterocycles. The van der Waals surface area contributed by atoms with Crippen molar-refractivity contribution in [2.24, 2.45) is 5.16 Å². The fourth-order valence-corrected chi connectivity index (χ4v) is 6.67. The number of nitrogens with zero attached hydrogens (tertiary/aromatic N) is 3. The number of halogens is 2. The molecule has 1 aromatic carbocycles. The molecular weight excluding hydrogens is 537 g/mol. The molecule has 3 rings (SSSR count). The Bertz CT molecular complexity index is 1040. The first-order valence-electron chi connectivity index (χ1n) is 13.1. The van der Waals surface area contributed by atoms with Gasteiger partial charge < -0.3 is 20.0 Å². The number of hydrogen-bond acceptors (Lipinski definition) is 6. The normalized spacial score (nSPS) is 22.2. The van der Waals surface area contributed by atoms with Crippen molar-refractivity contribution in [3.05, 3.63) is 33.8 Å². The first-order valence-corrected chi connectivity index (χ1v) is 15.5. The lowest BCUT2D eigenvalue weighted by Gasteiger charge is -2.31. The highest BCUT2D eigenvalue weighted by Gasteiger charge is 2.48. The highest BCUT2D eigenvalue weighted by Crippen LogP contribution is 2.35. The Morgan fingerprint density at radius 2 is 1.84 bits per heavy atom. The molecule has 9 nitrogen and oxygen atoms in total. The number of oxime groups is 1. The molecule has 1 aromatic rings. The van der Waals surface area contributed by atoms with Crippen LogP contribution < -0.4 is 10.0 Å². The van der Waals surface area contributed by atoms with Gasteiger partial charge in [0.05, 0.1) is 15.8 Å². The van der Waals surface area contributed by atoms with E-state index in [1.807, 2.05) is 4.90 Å². The number of urea groups is 1. The zero-order valence-corrected chi connectivity index (χ0v) is 24.3. The number of sulfonamides is 1. The standard InChI is InChI=1S/C25H39Cl2N5O4S/c1-4-31(5-2)15-10-18-37(34,35)30-23-22(21-19(26)11-9-12-20(21)27)29-36-25(23,3)13-14-28-24(33)32-16-7-6-8-17-32/h9,11-12,23,30H,4-8,10,13-18H2,1-3H3,(H,28,33). The SMILES string of the molecule is CCN(CC)CCCS(=O)(=O)NC1C(c2c(Cl)cccc2Cl)=NOC1(C)CCNC(=O)N1CCCCC1. The molecule has 208 valence electrons. The average Bonchev–Trinajstić information content (AvgIpc) is 3.17. The second-order valence-electron chi connectivity index (χ2n) is 9.76. The van der Waals surface area contributed by atoms with Crippen LogP contribution in [0.4, 0.5) is 4.79 Å². The molecule has 2 atom stereocenters. The van der Waals surface area contributed by atoms with E-state index >= 15 is 0 Å². The molecule has 2 N–H and O–H groups in total. The van der Waals surface area contributed by atoms with Crippen molar-refractivity contribution in [3.63, 3.8) is 0 Å². The van der Waals surface area contributed by atoms with Crippen LogP contribution in [-0.2, 0) is 14.9 Å². The predicted octanol–water partition coefficient (Wildman–Crippen LogP) is 4.09. The fourth-order valence-electron chi connectivity index (χ4n) is 4.73.